The molecular weight excluding hydrogens is 1500 g/mol. The maximum absolute atomic E-state index is 12.4. The average molecular weight is 1590 g/mol. The Balaban J connectivity index is 0.000000654. The fraction of sp³-hybridized carbons (Fsp3) is 0.359. The van der Waals surface area contributed by atoms with Gasteiger partial charge in [-0.1, -0.05) is 17.0 Å². The normalized spacial score (nSPS) is 10.3. The number of nitro groups is 2. The molecule has 0 bridgehead atoms. The van der Waals surface area contributed by atoms with Crippen molar-refractivity contribution in [3.63, 3.8) is 0 Å². The number of halogens is 2. The van der Waals surface area contributed by atoms with Crippen LogP contribution in [0.25, 0.3) is 11.0 Å². The van der Waals surface area contributed by atoms with Crippen molar-refractivity contribution in [2.75, 3.05) is 44.4 Å². The number of hydrogen-bond acceptors (Lipinski definition) is 27. The predicted octanol–water partition coefficient (Wildman–Crippen LogP) is -0.471. The number of aromatic carboxylic acids is 2. The Morgan fingerprint density at radius 1 is 0.464 bits per heavy atom. The lowest BCUT2D eigenvalue weighted by Gasteiger charge is -2.19. The van der Waals surface area contributed by atoms with Crippen LogP contribution in [0.3, 0.4) is 0 Å². The molecule has 1 aromatic carbocycles. The number of ether oxygens (including phenoxy) is 7. The van der Waals surface area contributed by atoms with Gasteiger partial charge in [-0.05, 0) is 102 Å². The Bertz CT molecular complexity index is 4510. The van der Waals surface area contributed by atoms with E-state index in [9.17, 15) is 68.2 Å². The third-order valence-corrected chi connectivity index (χ3v) is 12.7. The van der Waals surface area contributed by atoms with Gasteiger partial charge in [0.25, 0.3) is 5.69 Å². The smallest absolute Gasteiger partial charge is 0.413 e. The third kappa shape index (κ3) is 30.3. The monoisotopic (exact) mass is 1590 g/mol. The van der Waals surface area contributed by atoms with Crippen LogP contribution in [0.2, 0.25) is 0 Å². The summed E-state index contributed by atoms with van der Waals surface area (Å²) >= 11 is 0. The Morgan fingerprint density at radius 2 is 0.882 bits per heavy atom. The number of hydrogen-bond donors (Lipinski definition) is 7. The lowest BCUT2D eigenvalue weighted by molar-refractivity contribution is -0.389. The van der Waals surface area contributed by atoms with Crippen LogP contribution < -0.4 is 57.1 Å². The van der Waals surface area contributed by atoms with Crippen molar-refractivity contribution in [1.29, 1.82) is 0 Å². The topological polar surface area (TPSA) is 567 Å². The van der Waals surface area contributed by atoms with Gasteiger partial charge in [-0.3, -0.25) is 26.1 Å². The molecule has 0 unspecified atom stereocenters. The van der Waals surface area contributed by atoms with Gasteiger partial charge in [-0.15, -0.1) is 5.10 Å². The van der Waals surface area contributed by atoms with E-state index < -0.39 is 80.7 Å². The number of rotatable bonds is 13. The quantitative estimate of drug-likeness (QED) is 0.0252. The number of esters is 4. The van der Waals surface area contributed by atoms with Gasteiger partial charge in [0, 0.05) is 80.1 Å². The van der Waals surface area contributed by atoms with E-state index in [4.69, 9.17) is 29.3 Å². The van der Waals surface area contributed by atoms with Crippen molar-refractivity contribution < 1.29 is 142 Å². The number of para-hydroxylation sites is 1. The molecule has 44 nitrogen and oxygen atoms in total. The highest BCUT2D eigenvalue weighted by molar-refractivity contribution is 5.94. The molecule has 8 aromatic heterocycles. The number of quaternary nitrogens is 2. The highest BCUT2D eigenvalue weighted by Crippen LogP contribution is 2.20. The minimum atomic E-state index is -1.16. The van der Waals surface area contributed by atoms with E-state index in [0.29, 0.717) is 33.9 Å². The van der Waals surface area contributed by atoms with Crippen LogP contribution in [0.15, 0.2) is 91.9 Å². The van der Waals surface area contributed by atoms with Crippen molar-refractivity contribution in [3.05, 3.63) is 152 Å². The molecule has 0 atom stereocenters. The minimum absolute atomic E-state index is 0. The summed E-state index contributed by atoms with van der Waals surface area (Å²) in [5, 5.41) is 53.3. The van der Waals surface area contributed by atoms with E-state index in [1.807, 2.05) is 6.07 Å². The second kappa shape index (κ2) is 41.6. The van der Waals surface area contributed by atoms with Crippen LogP contribution in [-0.4, -0.2) is 187 Å². The van der Waals surface area contributed by atoms with E-state index in [-0.39, 0.29) is 82.7 Å². The molecule has 0 saturated carbocycles. The number of aryl methyl sites for hydroxylation is 7. The molecule has 0 spiro atoms. The summed E-state index contributed by atoms with van der Waals surface area (Å²) in [4.78, 5) is 149. The maximum atomic E-state index is 12.4. The van der Waals surface area contributed by atoms with Crippen molar-refractivity contribution in [1.82, 2.24) is 62.1 Å². The molecule has 3 amide bonds. The highest BCUT2D eigenvalue weighted by Gasteiger charge is 2.26. The van der Waals surface area contributed by atoms with Crippen molar-refractivity contribution in [2.45, 2.75) is 79.1 Å². The fourth-order valence-electron chi connectivity index (χ4n) is 8.22. The third-order valence-electron chi connectivity index (χ3n) is 12.7. The summed E-state index contributed by atoms with van der Waals surface area (Å²) in [6.45, 7) is 15.7. The number of carbonyl (C=O) groups is 10. The number of methoxy groups -OCH3 is 4. The molecular formula is C64H86Cl2N20O24. The molecule has 8 heterocycles. The number of nitrogens with zero attached hydrogens (tertiary/aromatic N) is 15. The maximum Gasteiger partial charge on any atom is 0.413 e. The first kappa shape index (κ1) is 94.8. The summed E-state index contributed by atoms with van der Waals surface area (Å²) < 4.78 is 43.2. The Labute approximate surface area is 638 Å². The van der Waals surface area contributed by atoms with Gasteiger partial charge in [0.2, 0.25) is 17.5 Å². The number of imidazole rings is 3. The Kier molecular flexibility index (Phi) is 35.9. The molecule has 46 heteroatoms. The molecule has 0 radical (unpaired) electrons. The fourth-order valence-corrected chi connectivity index (χ4v) is 8.22. The molecule has 110 heavy (non-hydrogen) atoms. The number of amides is 3. The number of fused-ring (bicyclic) bond motifs is 1. The highest BCUT2D eigenvalue weighted by atomic mass is 35.5. The first-order valence-electron chi connectivity index (χ1n) is 31.0. The first-order valence-corrected chi connectivity index (χ1v) is 31.0. The molecule has 0 aliphatic heterocycles. The SMILES string of the molecule is COC(=O)c1cc([N+](=O)[O-])cn1C.COC(=O)c1cc([NH3+])cn1C.COC(=O)c1nc([N+](=O)[O-])cn1C.COC(=O)c1nc([NH3+])cn1C.Cn1cc(NC(=O)OC(C)(C)C)cc1C(=O)O.Cn1cc(NC(=O)OC(C)(C)C)cc1C(=O)On1nnc2ccccc21.Cn1cc(NC(=O)OC(C)(C)C)nc1C(=O)O.[Cl-].[Cl-]. The lowest BCUT2D eigenvalue weighted by Crippen LogP contribution is -3.00. The van der Waals surface area contributed by atoms with Crippen LogP contribution in [0, 0.1) is 20.2 Å². The van der Waals surface area contributed by atoms with Gasteiger partial charge in [-0.25, -0.2) is 52.9 Å². The van der Waals surface area contributed by atoms with Gasteiger partial charge in [0.1, 0.15) is 62.5 Å². The van der Waals surface area contributed by atoms with Crippen LogP contribution >= 0.6 is 0 Å². The van der Waals surface area contributed by atoms with Crippen molar-refractivity contribution in [3.8, 4) is 0 Å². The zero-order chi connectivity index (χ0) is 82.2. The number of aromatic nitrogens is 13. The Hall–Kier alpha value is -13.2. The number of benzene rings is 1. The zero-order valence-electron chi connectivity index (χ0n) is 63.4. The first-order chi connectivity index (χ1) is 50.0. The van der Waals surface area contributed by atoms with Crippen molar-refractivity contribution in [2.24, 2.45) is 49.3 Å². The van der Waals surface area contributed by atoms with Crippen molar-refractivity contribution >= 4 is 111 Å². The molecule has 9 aromatic rings. The molecule has 0 aliphatic carbocycles. The Morgan fingerprint density at radius 3 is 1.27 bits per heavy atom. The standard InChI is InChI=1S/C17H19N5O4.C11H16N2O4.C10H15N3O4.C7H8N2O4.C7H10N2O2.C6H7N3O4.C6H9N3O2.2ClH/c1-17(2,3)25-16(24)18-11-9-14(21(4)10-11)15(23)26-22-13-8-6-5-7-12(13)19-20-22;1-11(2,3)17-10(16)12-7-5-8(9(14)15)13(4)6-7;1-10(2,3)17-9(16)12-6-5-13(4)7(11-6)8(14)15;1-8-4-5(9(11)12)3-6(8)7(10)13-2;1-9-4-5(8)3-6(9)7(10)11-2;1-8-3-4(9(11)12)7-5(8)6(10)13-2;1-9-3-4(7)8-5(9)6(10)11-2;;/h5-10H,1-4H3,(H,18,24);5-6H,1-4H3,(H,12,16)(H,14,15);5H,1-4H3,(H,12,16)(H,14,15);3-4H,1-2H3;3-4H,8H2,1-2H3;3H,1-2H3;3H,7H2,1-2H3;2*1H. The zero-order valence-corrected chi connectivity index (χ0v) is 64.9. The van der Waals surface area contributed by atoms with E-state index in [0.717, 1.165) is 16.7 Å². The number of carbonyl (C=O) groups excluding carboxylic acids is 8. The molecule has 11 N–H and O–H groups in total. The summed E-state index contributed by atoms with van der Waals surface area (Å²) in [5.74, 6) is -4.55. The van der Waals surface area contributed by atoms with Crippen LogP contribution in [-0.2, 0) is 82.5 Å². The van der Waals surface area contributed by atoms with Crippen LogP contribution in [0.5, 0.6) is 0 Å². The van der Waals surface area contributed by atoms with Crippen LogP contribution in [0.4, 0.5) is 54.6 Å². The number of nitrogens with one attached hydrogen (secondary N) is 3. The number of carboxylic acids is 2. The lowest BCUT2D eigenvalue weighted by atomic mass is 10.2. The van der Waals surface area contributed by atoms with Gasteiger partial charge in [0.15, 0.2) is 5.82 Å². The summed E-state index contributed by atoms with van der Waals surface area (Å²) in [6.07, 6.45) is 8.43. The van der Waals surface area contributed by atoms with Gasteiger partial charge >= 0.3 is 71.7 Å². The van der Waals surface area contributed by atoms with E-state index in [1.165, 1.54) is 102 Å². The molecule has 0 aliphatic rings. The number of anilines is 3. The molecule has 0 saturated heterocycles. The average Bonchev–Trinajstić information content (AvgIpc) is 1.67. The molecule has 600 valence electrons. The second-order valence-corrected chi connectivity index (χ2v) is 25.1. The molecule has 0 fully saturated rings. The summed E-state index contributed by atoms with van der Waals surface area (Å²) in [5.41, 5.74) is 9.13. The second-order valence-electron chi connectivity index (χ2n) is 25.1. The van der Waals surface area contributed by atoms with Gasteiger partial charge in [-0.2, -0.15) is 4.98 Å². The summed E-state index contributed by atoms with van der Waals surface area (Å²) in [7, 11) is 16.4. The largest absolute Gasteiger partial charge is 1.00 e. The predicted molar refractivity (Wildman–Crippen MR) is 377 cm³/mol. The van der Waals surface area contributed by atoms with E-state index in [1.54, 1.807) is 150 Å². The van der Waals surface area contributed by atoms with Gasteiger partial charge in [0.05, 0.1) is 63.3 Å². The number of carboxylic acid groups (broad SMARTS) is 2. The molecule has 9 rings (SSSR count). The van der Waals surface area contributed by atoms with E-state index in [2.05, 4.69) is 71.6 Å². The van der Waals surface area contributed by atoms with Crippen LogP contribution in [0.1, 0.15) is 136 Å². The van der Waals surface area contributed by atoms with Gasteiger partial charge < -0.3 is 127 Å². The minimum Gasteiger partial charge on any atom is -1.00 e. The summed E-state index contributed by atoms with van der Waals surface area (Å²) in [6, 6.07) is 12.8. The van der Waals surface area contributed by atoms with E-state index >= 15 is 0 Å².